The quantitative estimate of drug-likeness (QED) is 0.316. The second-order valence-electron chi connectivity index (χ2n) is 8.44. The van der Waals surface area contributed by atoms with Crippen LogP contribution in [0, 0.1) is 0 Å². The fourth-order valence-corrected chi connectivity index (χ4v) is 4.17. The molecule has 7 heteroatoms. The fraction of sp³-hybridized carbons (Fsp3) is 0.321. The molecule has 1 saturated heterocycles. The Morgan fingerprint density at radius 2 is 1.80 bits per heavy atom. The molecule has 0 radical (unpaired) electrons. The van der Waals surface area contributed by atoms with Crippen molar-refractivity contribution in [2.75, 3.05) is 30.0 Å². The predicted octanol–water partition coefficient (Wildman–Crippen LogP) is 5.34. The van der Waals surface area contributed by atoms with Gasteiger partial charge in [0.25, 0.3) is 0 Å². The first-order valence-electron chi connectivity index (χ1n) is 12.1. The highest BCUT2D eigenvalue weighted by molar-refractivity contribution is 6.13. The first-order valence-corrected chi connectivity index (χ1v) is 12.1. The van der Waals surface area contributed by atoms with Crippen LogP contribution in [0.5, 0.6) is 0 Å². The maximum Gasteiger partial charge on any atom is 0.222 e. The summed E-state index contributed by atoms with van der Waals surface area (Å²) in [6, 6.07) is 20.5. The lowest BCUT2D eigenvalue weighted by Crippen LogP contribution is -2.26. The summed E-state index contributed by atoms with van der Waals surface area (Å²) in [6.07, 6.45) is 5.28. The van der Waals surface area contributed by atoms with Crippen molar-refractivity contribution in [1.29, 1.82) is 0 Å². The van der Waals surface area contributed by atoms with Crippen LogP contribution in [0.15, 0.2) is 72.9 Å². The normalized spacial score (nSPS) is 15.4. The number of nitrogens with zero attached hydrogens (tertiary/aromatic N) is 2. The molecule has 0 aliphatic carbocycles. The smallest absolute Gasteiger partial charge is 0.222 e. The molecule has 2 heterocycles. The number of pyridine rings is 1. The number of carbonyl (C=O) groups is 2. The zero-order chi connectivity index (χ0) is 24.5. The molecule has 1 aliphatic heterocycles. The van der Waals surface area contributed by atoms with E-state index in [1.807, 2.05) is 71.6 Å². The van der Waals surface area contributed by atoms with E-state index >= 15 is 0 Å². The van der Waals surface area contributed by atoms with Crippen LogP contribution in [-0.4, -0.2) is 42.7 Å². The van der Waals surface area contributed by atoms with Crippen molar-refractivity contribution in [3.63, 3.8) is 0 Å². The summed E-state index contributed by atoms with van der Waals surface area (Å²) in [4.78, 5) is 31.7. The lowest BCUT2D eigenvalue weighted by molar-refractivity contribution is -0.162. The minimum Gasteiger partial charge on any atom is -0.353 e. The van der Waals surface area contributed by atoms with Gasteiger partial charge in [0, 0.05) is 37.4 Å². The van der Waals surface area contributed by atoms with Crippen molar-refractivity contribution < 1.29 is 19.1 Å². The number of hydrogen-bond donors (Lipinski definition) is 1. The van der Waals surface area contributed by atoms with E-state index in [4.69, 9.17) is 9.47 Å². The molecular formula is C28H31N3O4. The van der Waals surface area contributed by atoms with E-state index < -0.39 is 0 Å². The van der Waals surface area contributed by atoms with E-state index in [0.29, 0.717) is 42.2 Å². The van der Waals surface area contributed by atoms with E-state index in [2.05, 4.69) is 10.3 Å². The second kappa shape index (κ2) is 12.2. The zero-order valence-corrected chi connectivity index (χ0v) is 20.0. The predicted molar refractivity (Wildman–Crippen MR) is 136 cm³/mol. The molecule has 4 rings (SSSR count). The van der Waals surface area contributed by atoms with Gasteiger partial charge < -0.3 is 19.7 Å². The van der Waals surface area contributed by atoms with Crippen LogP contribution >= 0.6 is 0 Å². The average Bonchev–Trinajstić information content (AvgIpc) is 2.90. The monoisotopic (exact) mass is 473 g/mol. The lowest BCUT2D eigenvalue weighted by atomic mass is 10.0. The molecule has 0 bridgehead atoms. The summed E-state index contributed by atoms with van der Waals surface area (Å²) in [5.74, 6) is 0.165. The molecule has 1 unspecified atom stereocenters. The second-order valence-corrected chi connectivity index (χ2v) is 8.44. The molecule has 1 aromatic heterocycles. The summed E-state index contributed by atoms with van der Waals surface area (Å²) >= 11 is 0. The number of amides is 1. The molecule has 1 amide bonds. The summed E-state index contributed by atoms with van der Waals surface area (Å²) in [6.45, 7) is 3.27. The molecule has 35 heavy (non-hydrogen) atoms. The Morgan fingerprint density at radius 3 is 2.57 bits per heavy atom. The van der Waals surface area contributed by atoms with E-state index in [9.17, 15) is 9.59 Å². The topological polar surface area (TPSA) is 80.8 Å². The van der Waals surface area contributed by atoms with Crippen molar-refractivity contribution in [3.8, 4) is 0 Å². The number of hydrogen-bond acceptors (Lipinski definition) is 6. The third-order valence-electron chi connectivity index (χ3n) is 5.81. The van der Waals surface area contributed by atoms with Crippen molar-refractivity contribution in [2.24, 2.45) is 0 Å². The minimum absolute atomic E-state index is 0.0666. The lowest BCUT2D eigenvalue weighted by Gasteiger charge is -2.29. The highest BCUT2D eigenvalue weighted by Crippen LogP contribution is 2.34. The molecule has 1 fully saturated rings. The van der Waals surface area contributed by atoms with Gasteiger partial charge in [-0.25, -0.2) is 4.98 Å². The van der Waals surface area contributed by atoms with Gasteiger partial charge in [-0.15, -0.1) is 0 Å². The molecule has 1 N–H and O–H groups in total. The van der Waals surface area contributed by atoms with Crippen LogP contribution in [0.1, 0.15) is 48.5 Å². The summed E-state index contributed by atoms with van der Waals surface area (Å²) in [5.41, 5.74) is 2.65. The molecule has 2 aromatic carbocycles. The van der Waals surface area contributed by atoms with Gasteiger partial charge >= 0.3 is 0 Å². The Bertz CT molecular complexity index is 1130. The van der Waals surface area contributed by atoms with Gasteiger partial charge in [-0.2, -0.15) is 0 Å². The fourth-order valence-electron chi connectivity index (χ4n) is 4.17. The van der Waals surface area contributed by atoms with Crippen LogP contribution in [0.2, 0.25) is 0 Å². The van der Waals surface area contributed by atoms with Gasteiger partial charge in [-0.3, -0.25) is 9.59 Å². The number of carbonyl (C=O) groups excluding carboxylic acids is 2. The number of anilines is 3. The number of benzene rings is 2. The number of ether oxygens (including phenoxy) is 2. The van der Waals surface area contributed by atoms with Gasteiger partial charge in [0.2, 0.25) is 5.91 Å². The number of nitrogens with one attached hydrogen (secondary N) is 1. The largest absolute Gasteiger partial charge is 0.353 e. The standard InChI is InChI=1S/C28H31N3O4/c1-21(32)30-28-25(15-9-17-29-28)31(18-10-20-35-26-16-7-8-19-34-26)24-14-6-5-13-23(24)27(33)22-11-3-2-4-12-22/h2-6,9,11-15,17,26H,7-8,10,16,18-20H2,1H3,(H,29,30,32). The molecule has 7 nitrogen and oxygen atoms in total. The Balaban J connectivity index is 1.63. The van der Waals surface area contributed by atoms with Crippen LogP contribution < -0.4 is 10.2 Å². The van der Waals surface area contributed by atoms with Crippen molar-refractivity contribution in [2.45, 2.75) is 38.9 Å². The van der Waals surface area contributed by atoms with Gasteiger partial charge in [0.05, 0.1) is 18.0 Å². The van der Waals surface area contributed by atoms with E-state index in [-0.39, 0.29) is 18.0 Å². The van der Waals surface area contributed by atoms with Gasteiger partial charge in [0.1, 0.15) is 0 Å². The van der Waals surface area contributed by atoms with Crippen molar-refractivity contribution in [1.82, 2.24) is 4.98 Å². The van der Waals surface area contributed by atoms with E-state index in [0.717, 1.165) is 31.6 Å². The first-order chi connectivity index (χ1) is 17.1. The summed E-state index contributed by atoms with van der Waals surface area (Å²) < 4.78 is 11.6. The van der Waals surface area contributed by atoms with Crippen molar-refractivity contribution in [3.05, 3.63) is 84.1 Å². The number of aromatic nitrogens is 1. The van der Waals surface area contributed by atoms with Crippen LogP contribution in [0.4, 0.5) is 17.2 Å². The minimum atomic E-state index is -0.212. The maximum atomic E-state index is 13.4. The molecule has 0 spiro atoms. The molecule has 182 valence electrons. The van der Waals surface area contributed by atoms with Gasteiger partial charge in [0.15, 0.2) is 17.9 Å². The third kappa shape index (κ3) is 6.53. The maximum absolute atomic E-state index is 13.4. The third-order valence-corrected chi connectivity index (χ3v) is 5.81. The van der Waals surface area contributed by atoms with Gasteiger partial charge in [-0.05, 0) is 49.9 Å². The average molecular weight is 474 g/mol. The Labute approximate surface area is 206 Å². The molecule has 1 aliphatic rings. The number of rotatable bonds is 10. The SMILES string of the molecule is CC(=O)Nc1ncccc1N(CCCOC1CCCCO1)c1ccccc1C(=O)c1ccccc1. The highest BCUT2D eigenvalue weighted by atomic mass is 16.7. The molecular weight excluding hydrogens is 442 g/mol. The Morgan fingerprint density at radius 1 is 1.03 bits per heavy atom. The van der Waals surface area contributed by atoms with E-state index in [1.54, 1.807) is 6.20 Å². The summed E-state index contributed by atoms with van der Waals surface area (Å²) in [5, 5.41) is 2.82. The highest BCUT2D eigenvalue weighted by Gasteiger charge is 2.22. The Kier molecular flexibility index (Phi) is 8.59. The number of para-hydroxylation sites is 1. The number of ketones is 1. The van der Waals surface area contributed by atoms with Crippen LogP contribution in [0.25, 0.3) is 0 Å². The Hall–Kier alpha value is -3.55. The van der Waals surface area contributed by atoms with Crippen molar-refractivity contribution >= 4 is 28.9 Å². The van der Waals surface area contributed by atoms with Gasteiger partial charge in [-0.1, -0.05) is 42.5 Å². The molecule has 0 saturated carbocycles. The summed E-state index contributed by atoms with van der Waals surface area (Å²) in [7, 11) is 0. The van der Waals surface area contributed by atoms with E-state index in [1.165, 1.54) is 6.92 Å². The van der Waals surface area contributed by atoms with Crippen LogP contribution in [0.3, 0.4) is 0 Å². The molecule has 1 atom stereocenters. The zero-order valence-electron chi connectivity index (χ0n) is 20.0. The van der Waals surface area contributed by atoms with Crippen LogP contribution in [-0.2, 0) is 14.3 Å². The molecule has 3 aromatic rings. The first kappa shape index (κ1) is 24.6.